The first kappa shape index (κ1) is 24.1. The van der Waals surface area contributed by atoms with Crippen molar-refractivity contribution in [2.75, 3.05) is 20.8 Å². The summed E-state index contributed by atoms with van der Waals surface area (Å²) in [6.45, 7) is 2.67. The van der Waals surface area contributed by atoms with E-state index in [2.05, 4.69) is 21.9 Å². The van der Waals surface area contributed by atoms with Crippen molar-refractivity contribution >= 4 is 0 Å². The second-order valence-electron chi connectivity index (χ2n) is 7.65. The first-order valence-electron chi connectivity index (χ1n) is 11.2. The van der Waals surface area contributed by atoms with Crippen LogP contribution in [0.5, 0.6) is 29.0 Å². The first-order chi connectivity index (χ1) is 16.0. The van der Waals surface area contributed by atoms with Gasteiger partial charge in [-0.1, -0.05) is 39.0 Å². The quantitative estimate of drug-likeness (QED) is 0.352. The number of ether oxygens (including phenoxy) is 3. The Morgan fingerprint density at radius 3 is 1.70 bits per heavy atom. The van der Waals surface area contributed by atoms with Crippen LogP contribution in [-0.4, -0.2) is 46.0 Å². The molecule has 0 fully saturated rings. The molecule has 0 atom stereocenters. The number of methoxy groups -OCH3 is 2. The van der Waals surface area contributed by atoms with Crippen molar-refractivity contribution in [2.45, 2.75) is 45.4 Å². The van der Waals surface area contributed by atoms with Crippen LogP contribution in [0.1, 0.15) is 45.4 Å². The summed E-state index contributed by atoms with van der Waals surface area (Å²) in [5.74, 6) is 1.41. The van der Waals surface area contributed by atoms with Gasteiger partial charge in [-0.3, -0.25) is 0 Å². The van der Waals surface area contributed by atoms with Crippen LogP contribution in [0.2, 0.25) is 0 Å². The number of phenols is 2. The Morgan fingerprint density at radius 1 is 0.697 bits per heavy atom. The molecule has 0 bridgehead atoms. The molecule has 0 aliphatic heterocycles. The number of benzene rings is 2. The van der Waals surface area contributed by atoms with Crippen LogP contribution in [0.25, 0.3) is 22.8 Å². The van der Waals surface area contributed by atoms with Gasteiger partial charge in [0.2, 0.25) is 0 Å². The average molecular weight is 454 g/mol. The van der Waals surface area contributed by atoms with Crippen LogP contribution in [0.4, 0.5) is 0 Å². The maximum atomic E-state index is 10.5. The van der Waals surface area contributed by atoms with Gasteiger partial charge in [0.25, 0.3) is 0 Å². The van der Waals surface area contributed by atoms with Crippen LogP contribution >= 0.6 is 0 Å². The number of aromatic hydroxyl groups is 2. The normalized spacial score (nSPS) is 10.8. The summed E-state index contributed by atoms with van der Waals surface area (Å²) < 4.78 is 16.1. The Hall–Kier alpha value is -3.55. The van der Waals surface area contributed by atoms with Gasteiger partial charge in [0.15, 0.2) is 11.6 Å². The zero-order valence-electron chi connectivity index (χ0n) is 19.4. The van der Waals surface area contributed by atoms with Gasteiger partial charge >= 0.3 is 6.01 Å². The molecular formula is C25H31N3O5. The molecule has 0 saturated carbocycles. The van der Waals surface area contributed by atoms with E-state index in [1.54, 1.807) is 24.3 Å². The predicted molar refractivity (Wildman–Crippen MR) is 126 cm³/mol. The highest BCUT2D eigenvalue weighted by molar-refractivity contribution is 5.70. The van der Waals surface area contributed by atoms with E-state index in [1.165, 1.54) is 52.0 Å². The topological polar surface area (TPSA) is 107 Å². The molecule has 8 nitrogen and oxygen atoms in total. The fraction of sp³-hybridized carbons (Fsp3) is 0.400. The highest BCUT2D eigenvalue weighted by atomic mass is 16.5. The molecule has 1 aromatic heterocycles. The van der Waals surface area contributed by atoms with Gasteiger partial charge in [0.05, 0.1) is 32.0 Å². The van der Waals surface area contributed by atoms with Gasteiger partial charge in [-0.2, -0.15) is 9.97 Å². The second kappa shape index (κ2) is 11.9. The summed E-state index contributed by atoms with van der Waals surface area (Å²) in [4.78, 5) is 13.3. The lowest BCUT2D eigenvalue weighted by molar-refractivity contribution is 0.281. The van der Waals surface area contributed by atoms with Gasteiger partial charge in [0, 0.05) is 12.1 Å². The molecule has 0 radical (unpaired) electrons. The molecule has 3 rings (SSSR count). The van der Waals surface area contributed by atoms with Gasteiger partial charge in [-0.15, -0.1) is 0 Å². The largest absolute Gasteiger partial charge is 0.507 e. The Morgan fingerprint density at radius 2 is 1.21 bits per heavy atom. The van der Waals surface area contributed by atoms with E-state index in [4.69, 9.17) is 14.2 Å². The molecule has 0 aliphatic carbocycles. The van der Waals surface area contributed by atoms with Crippen molar-refractivity contribution in [3.8, 4) is 51.8 Å². The molecule has 1 heterocycles. The number of nitrogens with zero attached hydrogens (tertiary/aromatic N) is 3. The predicted octanol–water partition coefficient (Wildman–Crippen LogP) is 5.37. The standard InChI is InChI=1S/C25H31N3O5/c1-4-5-6-7-8-9-14-33-25-27-23(19-12-10-17(31-2)15-21(19)29)26-24(28-25)20-13-11-18(32-3)16-22(20)30/h10-13,15-16,29-30H,4-9,14H2,1-3H3. The van der Waals surface area contributed by atoms with Gasteiger partial charge in [-0.25, -0.2) is 4.98 Å². The molecule has 3 aromatic rings. The highest BCUT2D eigenvalue weighted by Gasteiger charge is 2.17. The van der Waals surface area contributed by atoms with Gasteiger partial charge in [-0.05, 0) is 30.7 Å². The van der Waals surface area contributed by atoms with Gasteiger partial charge in [0.1, 0.15) is 23.0 Å². The van der Waals surface area contributed by atoms with E-state index in [1.807, 2.05) is 0 Å². The summed E-state index contributed by atoms with van der Waals surface area (Å²) in [5, 5.41) is 21.0. The van der Waals surface area contributed by atoms with E-state index < -0.39 is 0 Å². The number of phenolic OH excluding ortho intramolecular Hbond substituents is 2. The molecule has 0 spiro atoms. The first-order valence-corrected chi connectivity index (χ1v) is 11.2. The maximum absolute atomic E-state index is 10.5. The monoisotopic (exact) mass is 453 g/mol. The number of hydrogen-bond acceptors (Lipinski definition) is 8. The van der Waals surface area contributed by atoms with Crippen molar-refractivity contribution in [1.29, 1.82) is 0 Å². The van der Waals surface area contributed by atoms with Crippen LogP contribution in [0.3, 0.4) is 0 Å². The van der Waals surface area contributed by atoms with E-state index in [9.17, 15) is 10.2 Å². The lowest BCUT2D eigenvalue weighted by atomic mass is 10.1. The van der Waals surface area contributed by atoms with Gasteiger partial charge < -0.3 is 24.4 Å². The van der Waals surface area contributed by atoms with Crippen LogP contribution < -0.4 is 14.2 Å². The van der Waals surface area contributed by atoms with E-state index in [0.717, 1.165) is 12.8 Å². The summed E-state index contributed by atoms with van der Waals surface area (Å²) in [7, 11) is 3.05. The Bertz CT molecular complexity index is 986. The van der Waals surface area contributed by atoms with E-state index in [0.29, 0.717) is 29.2 Å². The molecule has 0 amide bonds. The third kappa shape index (κ3) is 6.47. The lowest BCUT2D eigenvalue weighted by Gasteiger charge is -2.11. The molecule has 0 aliphatic rings. The third-order valence-electron chi connectivity index (χ3n) is 5.24. The second-order valence-corrected chi connectivity index (χ2v) is 7.65. The SMILES string of the molecule is CCCCCCCCOc1nc(-c2ccc(OC)cc2O)nc(-c2ccc(OC)cc2O)n1. The van der Waals surface area contributed by atoms with Crippen molar-refractivity contribution in [3.63, 3.8) is 0 Å². The Balaban J connectivity index is 1.89. The number of rotatable bonds is 12. The lowest BCUT2D eigenvalue weighted by Crippen LogP contribution is -2.05. The summed E-state index contributed by atoms with van der Waals surface area (Å²) in [5.41, 5.74) is 0.800. The van der Waals surface area contributed by atoms with Crippen molar-refractivity contribution < 1.29 is 24.4 Å². The Labute approximate surface area is 194 Å². The smallest absolute Gasteiger partial charge is 0.320 e. The third-order valence-corrected chi connectivity index (χ3v) is 5.24. The van der Waals surface area contributed by atoms with Crippen LogP contribution in [-0.2, 0) is 0 Å². The minimum absolute atomic E-state index is 0.0349. The molecule has 8 heteroatoms. The molecule has 2 aromatic carbocycles. The fourth-order valence-corrected chi connectivity index (χ4v) is 3.36. The van der Waals surface area contributed by atoms with Crippen LogP contribution in [0, 0.1) is 0 Å². The molecule has 33 heavy (non-hydrogen) atoms. The molecule has 2 N–H and O–H groups in total. The minimum atomic E-state index is -0.0349. The Kier molecular flexibility index (Phi) is 8.69. The number of aromatic nitrogens is 3. The maximum Gasteiger partial charge on any atom is 0.320 e. The van der Waals surface area contributed by atoms with Crippen molar-refractivity contribution in [1.82, 2.24) is 15.0 Å². The zero-order valence-corrected chi connectivity index (χ0v) is 19.4. The zero-order chi connectivity index (χ0) is 23.6. The van der Waals surface area contributed by atoms with Crippen molar-refractivity contribution in [3.05, 3.63) is 36.4 Å². The summed E-state index contributed by atoms with van der Waals surface area (Å²) in [6, 6.07) is 9.85. The number of unbranched alkanes of at least 4 members (excludes halogenated alkanes) is 5. The molecule has 176 valence electrons. The van der Waals surface area contributed by atoms with Crippen LogP contribution in [0.15, 0.2) is 36.4 Å². The number of hydrogen-bond donors (Lipinski definition) is 2. The molecular weight excluding hydrogens is 422 g/mol. The molecule has 0 unspecified atom stereocenters. The average Bonchev–Trinajstić information content (AvgIpc) is 2.83. The minimum Gasteiger partial charge on any atom is -0.507 e. The molecule has 0 saturated heterocycles. The van der Waals surface area contributed by atoms with E-state index in [-0.39, 0.29) is 29.2 Å². The van der Waals surface area contributed by atoms with Crippen molar-refractivity contribution in [2.24, 2.45) is 0 Å². The summed E-state index contributed by atoms with van der Waals surface area (Å²) >= 11 is 0. The highest BCUT2D eigenvalue weighted by Crippen LogP contribution is 2.35. The van der Waals surface area contributed by atoms with E-state index >= 15 is 0 Å². The fourth-order valence-electron chi connectivity index (χ4n) is 3.36. The summed E-state index contributed by atoms with van der Waals surface area (Å²) in [6.07, 6.45) is 6.82.